The maximum Gasteiger partial charge on any atom is 0.187 e. The Balaban J connectivity index is 1.74. The van der Waals surface area contributed by atoms with Crippen molar-refractivity contribution >= 4 is 25.1 Å². The number of hydrogen-bond acceptors (Lipinski definition) is 4. The van der Waals surface area contributed by atoms with Gasteiger partial charge >= 0.3 is 0 Å². The molecule has 4 nitrogen and oxygen atoms in total. The molecule has 4 rings (SSSR count). The third-order valence-corrected chi connectivity index (χ3v) is 5.73. The summed E-state index contributed by atoms with van der Waals surface area (Å²) < 4.78 is 0. The van der Waals surface area contributed by atoms with Crippen LogP contribution in [0.3, 0.4) is 0 Å². The van der Waals surface area contributed by atoms with Crippen molar-refractivity contribution in [3.8, 4) is 0 Å². The average molecular weight is 396 g/mol. The zero-order valence-corrected chi connectivity index (χ0v) is 18.0. The molecule has 2 atom stereocenters. The first kappa shape index (κ1) is 20.4. The summed E-state index contributed by atoms with van der Waals surface area (Å²) in [6, 6.07) is 27.8. The molecule has 0 bridgehead atoms. The molecule has 0 radical (unpaired) electrons. The lowest BCUT2D eigenvalue weighted by atomic mass is 10.0. The van der Waals surface area contributed by atoms with E-state index in [-0.39, 0.29) is 6.04 Å². The third kappa shape index (κ3) is 4.32. The lowest BCUT2D eigenvalue weighted by Gasteiger charge is -2.22. The minimum Gasteiger partial charge on any atom is -0.379 e. The van der Waals surface area contributed by atoms with E-state index in [1.165, 1.54) is 5.56 Å². The Bertz CT molecular complexity index is 963. The van der Waals surface area contributed by atoms with Crippen LogP contribution < -0.4 is 10.6 Å². The fourth-order valence-corrected chi connectivity index (χ4v) is 3.91. The molecule has 0 saturated heterocycles. The predicted octanol–water partition coefficient (Wildman–Crippen LogP) is 4.13. The van der Waals surface area contributed by atoms with Gasteiger partial charge in [0.15, 0.2) is 7.98 Å². The van der Waals surface area contributed by atoms with Crippen molar-refractivity contribution in [3.05, 3.63) is 95.6 Å². The monoisotopic (exact) mass is 396 g/mol. The van der Waals surface area contributed by atoms with Crippen LogP contribution in [-0.4, -0.2) is 37.8 Å². The fourth-order valence-electron chi connectivity index (χ4n) is 3.91. The van der Waals surface area contributed by atoms with Gasteiger partial charge in [-0.15, -0.1) is 0 Å². The number of anilines is 1. The number of nitrogens with zero attached hydrogens (tertiary/aromatic N) is 2. The molecule has 5 heteroatoms. The number of aliphatic imine (C=N–C) groups is 1. The highest BCUT2D eigenvalue weighted by molar-refractivity contribution is 6.14. The predicted molar refractivity (Wildman–Crippen MR) is 129 cm³/mol. The SMILES string of the molecule is BN(CC)CN[C@H]1c2cccc(N=C(c3ccccc3)c3ccccc3)c2N[C@H]1C. The van der Waals surface area contributed by atoms with E-state index in [0.29, 0.717) is 6.04 Å². The van der Waals surface area contributed by atoms with Gasteiger partial charge in [0.25, 0.3) is 0 Å². The summed E-state index contributed by atoms with van der Waals surface area (Å²) in [5, 5.41) is 7.38. The van der Waals surface area contributed by atoms with Gasteiger partial charge in [0.2, 0.25) is 0 Å². The van der Waals surface area contributed by atoms with E-state index in [0.717, 1.165) is 41.4 Å². The molecule has 1 heterocycles. The second-order valence-electron chi connectivity index (χ2n) is 7.88. The normalized spacial score (nSPS) is 17.4. The molecule has 30 heavy (non-hydrogen) atoms. The van der Waals surface area contributed by atoms with Crippen molar-refractivity contribution in [2.75, 3.05) is 18.5 Å². The van der Waals surface area contributed by atoms with Gasteiger partial charge in [-0.1, -0.05) is 79.7 Å². The zero-order valence-electron chi connectivity index (χ0n) is 18.0. The maximum atomic E-state index is 5.17. The van der Waals surface area contributed by atoms with Gasteiger partial charge in [-0.25, -0.2) is 4.99 Å². The first-order chi connectivity index (χ1) is 14.7. The molecule has 1 aliphatic rings. The van der Waals surface area contributed by atoms with Crippen LogP contribution in [0.15, 0.2) is 83.9 Å². The van der Waals surface area contributed by atoms with Crippen LogP contribution in [0.2, 0.25) is 0 Å². The molecule has 1 aliphatic heterocycles. The highest BCUT2D eigenvalue weighted by atomic mass is 15.2. The van der Waals surface area contributed by atoms with Gasteiger partial charge in [0, 0.05) is 23.8 Å². The second kappa shape index (κ2) is 9.29. The smallest absolute Gasteiger partial charge is 0.187 e. The quantitative estimate of drug-likeness (QED) is 0.359. The van der Waals surface area contributed by atoms with Crippen LogP contribution in [0.4, 0.5) is 11.4 Å². The third-order valence-electron chi connectivity index (χ3n) is 5.73. The molecule has 3 aromatic carbocycles. The van der Waals surface area contributed by atoms with E-state index < -0.39 is 0 Å². The van der Waals surface area contributed by atoms with Crippen molar-refractivity contribution in [1.29, 1.82) is 0 Å². The molecular formula is C25H29BN4. The summed E-state index contributed by atoms with van der Waals surface area (Å²) in [7, 11) is 2.13. The Kier molecular flexibility index (Phi) is 6.31. The van der Waals surface area contributed by atoms with E-state index in [9.17, 15) is 0 Å². The van der Waals surface area contributed by atoms with E-state index in [1.54, 1.807) is 0 Å². The van der Waals surface area contributed by atoms with Crippen molar-refractivity contribution in [1.82, 2.24) is 10.1 Å². The van der Waals surface area contributed by atoms with Gasteiger partial charge in [-0.2, -0.15) is 0 Å². The summed E-state index contributed by atoms with van der Waals surface area (Å²) in [5.41, 5.74) is 6.62. The Morgan fingerprint density at radius 1 is 0.967 bits per heavy atom. The van der Waals surface area contributed by atoms with Crippen molar-refractivity contribution in [3.63, 3.8) is 0 Å². The minimum absolute atomic E-state index is 0.265. The summed E-state index contributed by atoms with van der Waals surface area (Å²) in [6.45, 7) is 6.29. The van der Waals surface area contributed by atoms with Crippen molar-refractivity contribution < 1.29 is 0 Å². The first-order valence-corrected chi connectivity index (χ1v) is 10.7. The highest BCUT2D eigenvalue weighted by Crippen LogP contribution is 2.41. The highest BCUT2D eigenvalue weighted by Gasteiger charge is 2.30. The maximum absolute atomic E-state index is 5.17. The molecule has 0 saturated carbocycles. The molecular weight excluding hydrogens is 367 g/mol. The second-order valence-corrected chi connectivity index (χ2v) is 7.88. The van der Waals surface area contributed by atoms with Gasteiger partial charge in [-0.3, -0.25) is 5.32 Å². The molecule has 0 unspecified atom stereocenters. The Morgan fingerprint density at radius 3 is 2.20 bits per heavy atom. The standard InChI is InChI=1S/C25H29BN4/c1-3-30(26)17-27-23-18(2)28-25-21(23)15-10-16-22(25)29-24(19-11-6-4-7-12-19)20-13-8-5-9-14-20/h4-16,18,23,27-28H,3,17,26H2,1-2H3/t18-,23+/m0/s1. The topological polar surface area (TPSA) is 39.7 Å². The van der Waals surface area contributed by atoms with Gasteiger partial charge < -0.3 is 10.1 Å². The first-order valence-electron chi connectivity index (χ1n) is 10.7. The van der Waals surface area contributed by atoms with E-state index in [2.05, 4.69) is 104 Å². The molecule has 0 spiro atoms. The lowest BCUT2D eigenvalue weighted by Crippen LogP contribution is -2.38. The van der Waals surface area contributed by atoms with Crippen LogP contribution in [0, 0.1) is 0 Å². The Labute approximate surface area is 180 Å². The lowest BCUT2D eigenvalue weighted by molar-refractivity contribution is 0.378. The van der Waals surface area contributed by atoms with Crippen LogP contribution in [-0.2, 0) is 0 Å². The summed E-state index contributed by atoms with van der Waals surface area (Å²) in [5.74, 6) is 0. The molecule has 0 aliphatic carbocycles. The molecule has 3 aromatic rings. The zero-order chi connectivity index (χ0) is 20.9. The van der Waals surface area contributed by atoms with Crippen molar-refractivity contribution in [2.45, 2.75) is 25.9 Å². The van der Waals surface area contributed by atoms with E-state index in [1.807, 2.05) is 12.1 Å². The fraction of sp³-hybridized carbons (Fsp3) is 0.240. The van der Waals surface area contributed by atoms with Crippen molar-refractivity contribution in [2.24, 2.45) is 4.99 Å². The average Bonchev–Trinajstić information content (AvgIpc) is 3.12. The van der Waals surface area contributed by atoms with Crippen LogP contribution in [0.1, 0.15) is 36.6 Å². The van der Waals surface area contributed by atoms with E-state index in [4.69, 9.17) is 4.99 Å². The molecule has 0 fully saturated rings. The summed E-state index contributed by atoms with van der Waals surface area (Å²) in [6.07, 6.45) is 0. The molecule has 0 amide bonds. The minimum atomic E-state index is 0.265. The Hall–Kier alpha value is -2.89. The van der Waals surface area contributed by atoms with Crippen LogP contribution in [0.5, 0.6) is 0 Å². The van der Waals surface area contributed by atoms with Crippen LogP contribution >= 0.6 is 0 Å². The largest absolute Gasteiger partial charge is 0.379 e. The number of para-hydroxylation sites is 1. The molecule has 0 aromatic heterocycles. The number of nitrogens with one attached hydrogen (secondary N) is 2. The molecule has 2 N–H and O–H groups in total. The number of benzene rings is 3. The number of hydrogen-bond donors (Lipinski definition) is 2. The number of rotatable bonds is 7. The summed E-state index contributed by atoms with van der Waals surface area (Å²) in [4.78, 5) is 7.44. The Morgan fingerprint density at radius 2 is 1.60 bits per heavy atom. The summed E-state index contributed by atoms with van der Waals surface area (Å²) >= 11 is 0. The van der Waals surface area contributed by atoms with Gasteiger partial charge in [0.1, 0.15) is 0 Å². The van der Waals surface area contributed by atoms with Crippen LogP contribution in [0.25, 0.3) is 0 Å². The van der Waals surface area contributed by atoms with Gasteiger partial charge in [-0.05, 0) is 25.1 Å². The number of fused-ring (bicyclic) bond motifs is 1. The van der Waals surface area contributed by atoms with Gasteiger partial charge in [0.05, 0.1) is 23.1 Å². The molecule has 152 valence electrons. The van der Waals surface area contributed by atoms with E-state index >= 15 is 0 Å².